The van der Waals surface area contributed by atoms with Gasteiger partial charge in [0.1, 0.15) is 13.2 Å². The Balaban J connectivity index is 4.43. The van der Waals surface area contributed by atoms with E-state index in [1.54, 1.807) is 6.08 Å². The van der Waals surface area contributed by atoms with E-state index in [9.17, 15) is 19.4 Å². The van der Waals surface area contributed by atoms with Crippen molar-refractivity contribution in [3.8, 4) is 0 Å². The monoisotopic (exact) mass is 864 g/mol. The molecule has 0 fully saturated rings. The van der Waals surface area contributed by atoms with E-state index in [4.69, 9.17) is 9.05 Å². The molecule has 0 aromatic carbocycles. The first-order valence-electron chi connectivity index (χ1n) is 24.7. The third kappa shape index (κ3) is 44.3. The summed E-state index contributed by atoms with van der Waals surface area (Å²) in [5.74, 6) is -0.201. The lowest BCUT2D eigenvalue weighted by atomic mass is 10.1. The molecule has 9 heteroatoms. The second kappa shape index (κ2) is 42.5. The minimum Gasteiger partial charge on any atom is -0.387 e. The molecule has 0 heterocycles. The van der Waals surface area contributed by atoms with Gasteiger partial charge < -0.3 is 19.8 Å². The van der Waals surface area contributed by atoms with Crippen LogP contribution in [0.2, 0.25) is 0 Å². The highest BCUT2D eigenvalue weighted by Crippen LogP contribution is 2.43. The first-order chi connectivity index (χ1) is 29.0. The number of likely N-dealkylation sites (N-methyl/N-ethyl adjacent to an activating group) is 1. The lowest BCUT2D eigenvalue weighted by Crippen LogP contribution is -2.45. The lowest BCUT2D eigenvalue weighted by Gasteiger charge is -2.25. The van der Waals surface area contributed by atoms with Gasteiger partial charge in [0.15, 0.2) is 0 Å². The molecule has 3 atom stereocenters. The molecule has 0 spiro atoms. The fourth-order valence-electron chi connectivity index (χ4n) is 6.77. The number of carbonyl (C=O) groups is 1. The van der Waals surface area contributed by atoms with E-state index < -0.39 is 20.0 Å². The van der Waals surface area contributed by atoms with Crippen molar-refractivity contribution in [3.63, 3.8) is 0 Å². The van der Waals surface area contributed by atoms with Gasteiger partial charge in [0.05, 0.1) is 39.9 Å². The van der Waals surface area contributed by atoms with Crippen LogP contribution < -0.4 is 5.32 Å². The number of phosphoric ester groups is 1. The summed E-state index contributed by atoms with van der Waals surface area (Å²) in [7, 11) is 1.54. The predicted octanol–water partition coefficient (Wildman–Crippen LogP) is 14.2. The highest BCUT2D eigenvalue weighted by atomic mass is 31.2. The maximum absolute atomic E-state index is 12.9. The molecule has 0 aromatic heterocycles. The van der Waals surface area contributed by atoms with Crippen molar-refractivity contribution in [2.24, 2.45) is 0 Å². The van der Waals surface area contributed by atoms with Crippen LogP contribution in [0.3, 0.4) is 0 Å². The number of phosphoric acid groups is 1. The molecule has 60 heavy (non-hydrogen) atoms. The van der Waals surface area contributed by atoms with Crippen LogP contribution in [-0.4, -0.2) is 73.4 Å². The largest absolute Gasteiger partial charge is 0.472 e. The van der Waals surface area contributed by atoms with Crippen LogP contribution in [0.5, 0.6) is 0 Å². The zero-order chi connectivity index (χ0) is 44.3. The Labute approximate surface area is 371 Å². The molecule has 0 aliphatic rings. The number of quaternary nitrogens is 1. The summed E-state index contributed by atoms with van der Waals surface area (Å²) in [6, 6.07) is -0.872. The smallest absolute Gasteiger partial charge is 0.387 e. The number of aliphatic hydroxyl groups excluding tert-OH is 1. The van der Waals surface area contributed by atoms with Gasteiger partial charge in [-0.2, -0.15) is 0 Å². The first kappa shape index (κ1) is 58.2. The summed E-state index contributed by atoms with van der Waals surface area (Å²) >= 11 is 0. The molecule has 1 amide bonds. The van der Waals surface area contributed by atoms with Gasteiger partial charge in [0, 0.05) is 6.42 Å². The van der Waals surface area contributed by atoms with Crippen LogP contribution in [0, 0.1) is 0 Å². The van der Waals surface area contributed by atoms with Crippen LogP contribution >= 0.6 is 7.82 Å². The number of carbonyl (C=O) groups excluding carboxylic acids is 1. The number of allylic oxidation sites excluding steroid dienone is 9. The number of unbranched alkanes of at least 4 members (excludes halogenated alkanes) is 23. The number of amides is 1. The van der Waals surface area contributed by atoms with Crippen molar-refractivity contribution in [2.75, 3.05) is 40.9 Å². The summed E-state index contributed by atoms with van der Waals surface area (Å²) in [5.41, 5.74) is 0. The summed E-state index contributed by atoms with van der Waals surface area (Å²) in [6.07, 6.45) is 55.8. The molecule has 0 saturated heterocycles. The quantitative estimate of drug-likeness (QED) is 0.0244. The third-order valence-electron chi connectivity index (χ3n) is 10.7. The van der Waals surface area contributed by atoms with Gasteiger partial charge in [-0.3, -0.25) is 13.8 Å². The SMILES string of the molecule is CCCCCCC/C=C\C/C=C\C/C=C\CCCCCCCCC(=O)NC(COP(=O)(O)OCC[N+](C)(C)C)C(O)/C=C/CC/C=C/CCCCCCCCCCCCC. The maximum Gasteiger partial charge on any atom is 0.472 e. The normalized spacial score (nSPS) is 14.7. The second-order valence-electron chi connectivity index (χ2n) is 17.8. The highest BCUT2D eigenvalue weighted by molar-refractivity contribution is 7.47. The second-order valence-corrected chi connectivity index (χ2v) is 19.3. The van der Waals surface area contributed by atoms with E-state index in [1.807, 2.05) is 27.2 Å². The number of hydrogen-bond acceptors (Lipinski definition) is 5. The van der Waals surface area contributed by atoms with Gasteiger partial charge in [0.2, 0.25) is 5.91 Å². The van der Waals surface area contributed by atoms with E-state index >= 15 is 0 Å². The average molecular weight is 864 g/mol. The molecule has 0 aromatic rings. The van der Waals surface area contributed by atoms with Gasteiger partial charge in [0.25, 0.3) is 0 Å². The Morgan fingerprint density at radius 1 is 0.567 bits per heavy atom. The van der Waals surface area contributed by atoms with Crippen molar-refractivity contribution in [2.45, 2.75) is 219 Å². The van der Waals surface area contributed by atoms with Crippen LogP contribution in [0.25, 0.3) is 0 Å². The topological polar surface area (TPSA) is 105 Å². The minimum atomic E-state index is -4.36. The highest BCUT2D eigenvalue weighted by Gasteiger charge is 2.27. The van der Waals surface area contributed by atoms with E-state index in [2.05, 4.69) is 67.8 Å². The summed E-state index contributed by atoms with van der Waals surface area (Å²) in [4.78, 5) is 23.2. The molecule has 3 unspecified atom stereocenters. The number of rotatable bonds is 44. The van der Waals surface area contributed by atoms with E-state index in [0.29, 0.717) is 17.4 Å². The Bertz CT molecular complexity index is 1160. The predicted molar refractivity (Wildman–Crippen MR) is 258 cm³/mol. The summed E-state index contributed by atoms with van der Waals surface area (Å²) < 4.78 is 23.6. The van der Waals surface area contributed by atoms with Gasteiger partial charge >= 0.3 is 7.82 Å². The van der Waals surface area contributed by atoms with Crippen molar-refractivity contribution in [1.29, 1.82) is 0 Å². The summed E-state index contributed by atoms with van der Waals surface area (Å²) in [6.45, 7) is 4.77. The standard InChI is InChI=1S/C51H95N2O6P/c1-6-8-10-12-14-16-18-20-22-24-25-26-27-29-31-33-35-37-39-41-43-45-51(55)52-49(48-59-60(56,57)58-47-46-53(3,4)5)50(54)44-42-40-38-36-34-32-30-28-23-21-19-17-15-13-11-9-7-2/h18,20,24-25,27,29,34,36,42,44,49-50,54H,6-17,19,21-23,26,28,30-33,35,37-41,43,45-48H2,1-5H3,(H-,52,55,56,57)/p+1/b20-18-,25-24-,29-27-,36-34+,44-42+. The number of hydrogen-bond donors (Lipinski definition) is 3. The Hall–Kier alpha value is -1.80. The Morgan fingerprint density at radius 3 is 1.45 bits per heavy atom. The van der Waals surface area contributed by atoms with Crippen molar-refractivity contribution in [1.82, 2.24) is 5.32 Å². The molecule has 0 aliphatic carbocycles. The van der Waals surface area contributed by atoms with Crippen molar-refractivity contribution < 1.29 is 32.9 Å². The molecular formula is C51H96N2O6P+. The fraction of sp³-hybridized carbons (Fsp3) is 0.784. The molecule has 0 rings (SSSR count). The zero-order valence-corrected chi connectivity index (χ0v) is 40.6. The number of nitrogens with zero attached hydrogens (tertiary/aromatic N) is 1. The summed E-state index contributed by atoms with van der Waals surface area (Å²) in [5, 5.41) is 13.8. The Kier molecular flexibility index (Phi) is 41.2. The van der Waals surface area contributed by atoms with Crippen molar-refractivity contribution >= 4 is 13.7 Å². The van der Waals surface area contributed by atoms with Gasteiger partial charge in [-0.15, -0.1) is 0 Å². The van der Waals surface area contributed by atoms with Crippen LogP contribution in [0.4, 0.5) is 0 Å². The molecule has 0 bridgehead atoms. The molecule has 0 aliphatic heterocycles. The van der Waals surface area contributed by atoms with Gasteiger partial charge in [-0.25, -0.2) is 4.57 Å². The third-order valence-corrected chi connectivity index (χ3v) is 11.7. The van der Waals surface area contributed by atoms with E-state index in [0.717, 1.165) is 64.2 Å². The van der Waals surface area contributed by atoms with Crippen LogP contribution in [0.15, 0.2) is 60.8 Å². The van der Waals surface area contributed by atoms with Crippen molar-refractivity contribution in [3.05, 3.63) is 60.8 Å². The van der Waals surface area contributed by atoms with Crippen LogP contribution in [-0.2, 0) is 18.4 Å². The Morgan fingerprint density at radius 2 is 0.967 bits per heavy atom. The van der Waals surface area contributed by atoms with Gasteiger partial charge in [-0.05, 0) is 70.6 Å². The molecule has 8 nitrogen and oxygen atoms in total. The molecule has 0 saturated carbocycles. The van der Waals surface area contributed by atoms with E-state index in [-0.39, 0.29) is 19.1 Å². The van der Waals surface area contributed by atoms with E-state index in [1.165, 1.54) is 122 Å². The average Bonchev–Trinajstić information content (AvgIpc) is 3.20. The lowest BCUT2D eigenvalue weighted by molar-refractivity contribution is -0.870. The maximum atomic E-state index is 12.9. The minimum absolute atomic E-state index is 0.0511. The molecule has 0 radical (unpaired) electrons. The molecular weight excluding hydrogens is 768 g/mol. The fourth-order valence-corrected chi connectivity index (χ4v) is 7.50. The number of aliphatic hydroxyl groups is 1. The van der Waals surface area contributed by atoms with Gasteiger partial charge in [-0.1, -0.05) is 190 Å². The first-order valence-corrected chi connectivity index (χ1v) is 26.2. The molecule has 3 N–H and O–H groups in total. The molecule has 350 valence electrons. The zero-order valence-electron chi connectivity index (χ0n) is 39.7. The number of nitrogens with one attached hydrogen (secondary N) is 1. The van der Waals surface area contributed by atoms with Crippen LogP contribution in [0.1, 0.15) is 206 Å².